The molecule has 0 aliphatic carbocycles. The lowest BCUT2D eigenvalue weighted by Gasteiger charge is -2.23. The maximum Gasteiger partial charge on any atom is 0.221 e. The van der Waals surface area contributed by atoms with Crippen molar-refractivity contribution in [1.29, 1.82) is 0 Å². The van der Waals surface area contributed by atoms with Crippen molar-refractivity contribution in [3.63, 3.8) is 0 Å². The lowest BCUT2D eigenvalue weighted by atomic mass is 10.1. The summed E-state index contributed by atoms with van der Waals surface area (Å²) in [5, 5.41) is 11.1. The van der Waals surface area contributed by atoms with E-state index in [0.717, 1.165) is 49.8 Å². The van der Waals surface area contributed by atoms with E-state index in [9.17, 15) is 4.79 Å². The minimum Gasteiger partial charge on any atom is -0.370 e. The van der Waals surface area contributed by atoms with Crippen LogP contribution >= 0.6 is 11.8 Å². The number of aromatic nitrogens is 3. The number of ether oxygens (including phenoxy) is 1. The monoisotopic (exact) mass is 452 g/mol. The van der Waals surface area contributed by atoms with Crippen molar-refractivity contribution in [3.05, 3.63) is 65.7 Å². The molecule has 4 rings (SSSR count). The maximum atomic E-state index is 12.7. The van der Waals surface area contributed by atoms with E-state index in [-0.39, 0.29) is 11.2 Å². The largest absolute Gasteiger partial charge is 0.370 e. The molecule has 0 saturated carbocycles. The van der Waals surface area contributed by atoms with Crippen LogP contribution in [0.5, 0.6) is 0 Å². The van der Waals surface area contributed by atoms with Gasteiger partial charge in [0.15, 0.2) is 5.82 Å². The molecule has 0 bridgehead atoms. The second-order valence-electron chi connectivity index (χ2n) is 8.02. The topological polar surface area (TPSA) is 84.3 Å². The van der Waals surface area contributed by atoms with Crippen LogP contribution in [0, 0.1) is 6.92 Å². The molecule has 0 unspecified atom stereocenters. The molecular weight excluding hydrogens is 422 g/mol. The number of nitrogens with one attached hydrogen (secondary N) is 3. The fourth-order valence-electron chi connectivity index (χ4n) is 3.69. The number of aromatic amines is 1. The lowest BCUT2D eigenvalue weighted by molar-refractivity contribution is -0.906. The first-order chi connectivity index (χ1) is 15.7. The second kappa shape index (κ2) is 11.3. The zero-order chi connectivity index (χ0) is 22.2. The van der Waals surface area contributed by atoms with Crippen molar-refractivity contribution < 1.29 is 14.4 Å². The number of thioether (sulfide) groups is 1. The van der Waals surface area contributed by atoms with Crippen LogP contribution in [0.15, 0.2) is 59.8 Å². The van der Waals surface area contributed by atoms with Gasteiger partial charge in [-0.25, -0.2) is 4.98 Å². The Kier molecular flexibility index (Phi) is 7.92. The van der Waals surface area contributed by atoms with Gasteiger partial charge in [-0.05, 0) is 12.5 Å². The number of benzene rings is 2. The number of hydrogen-bond acceptors (Lipinski definition) is 5. The molecule has 2 aromatic carbocycles. The minimum absolute atomic E-state index is 0.0494. The molecule has 2 heterocycles. The van der Waals surface area contributed by atoms with Gasteiger partial charge in [0.05, 0.1) is 26.3 Å². The average molecular weight is 453 g/mol. The number of carbonyl (C=O) groups is 1. The Bertz CT molecular complexity index is 987. The molecule has 0 radical (unpaired) electrons. The summed E-state index contributed by atoms with van der Waals surface area (Å²) in [6.07, 6.45) is 0.377. The standard InChI is InChI=1S/C24H29N5O2S/c1-18-7-9-20(10-8-18)23-26-24(28-27-23)32-21(19-5-3-2-4-6-19)17-22(30)25-11-12-29-13-15-31-16-14-29/h2-10,21H,11-17H2,1H3,(H,25,30)(H,26,27,28)/p+1/t21-/m0/s1. The summed E-state index contributed by atoms with van der Waals surface area (Å²) in [5.74, 6) is 0.783. The van der Waals surface area contributed by atoms with Gasteiger partial charge in [0.25, 0.3) is 0 Å². The predicted octanol–water partition coefficient (Wildman–Crippen LogP) is 2.03. The van der Waals surface area contributed by atoms with E-state index in [0.29, 0.717) is 18.1 Å². The Morgan fingerprint density at radius 3 is 2.66 bits per heavy atom. The quantitative estimate of drug-likeness (QED) is 0.433. The smallest absolute Gasteiger partial charge is 0.221 e. The molecule has 1 amide bonds. The molecule has 1 aromatic heterocycles. The van der Waals surface area contributed by atoms with Crippen molar-refractivity contribution in [2.45, 2.75) is 23.8 Å². The van der Waals surface area contributed by atoms with E-state index in [1.54, 1.807) is 0 Å². The van der Waals surface area contributed by atoms with Gasteiger partial charge in [-0.15, -0.1) is 5.10 Å². The third kappa shape index (κ3) is 6.41. The second-order valence-corrected chi connectivity index (χ2v) is 9.19. The minimum atomic E-state index is -0.0615. The first-order valence-electron chi connectivity index (χ1n) is 11.1. The first kappa shape index (κ1) is 22.5. The maximum absolute atomic E-state index is 12.7. The first-order valence-corrected chi connectivity index (χ1v) is 11.9. The van der Waals surface area contributed by atoms with Crippen molar-refractivity contribution in [3.8, 4) is 11.4 Å². The van der Waals surface area contributed by atoms with E-state index < -0.39 is 0 Å². The number of nitrogens with zero attached hydrogens (tertiary/aromatic N) is 2. The third-order valence-corrected chi connectivity index (χ3v) is 6.70. The third-order valence-electron chi connectivity index (χ3n) is 5.58. The van der Waals surface area contributed by atoms with Crippen molar-refractivity contribution >= 4 is 17.7 Å². The van der Waals surface area contributed by atoms with Crippen LogP contribution in [0.4, 0.5) is 0 Å². The summed E-state index contributed by atoms with van der Waals surface area (Å²) in [5.41, 5.74) is 3.29. The van der Waals surface area contributed by atoms with Crippen molar-refractivity contribution in [1.82, 2.24) is 20.5 Å². The van der Waals surface area contributed by atoms with Crippen LogP contribution in [0.25, 0.3) is 11.4 Å². The summed E-state index contributed by atoms with van der Waals surface area (Å²) in [4.78, 5) is 18.8. The van der Waals surface area contributed by atoms with Crippen molar-refractivity contribution in [2.24, 2.45) is 0 Å². The molecule has 0 spiro atoms. The Morgan fingerprint density at radius 2 is 1.91 bits per heavy atom. The van der Waals surface area contributed by atoms with Gasteiger partial charge >= 0.3 is 0 Å². The van der Waals surface area contributed by atoms with Crippen LogP contribution in [-0.4, -0.2) is 60.5 Å². The van der Waals surface area contributed by atoms with Gasteiger partial charge in [0.1, 0.15) is 13.1 Å². The van der Waals surface area contributed by atoms with Crippen LogP contribution in [0.1, 0.15) is 22.8 Å². The molecule has 7 nitrogen and oxygen atoms in total. The SMILES string of the molecule is Cc1ccc(-c2nc(S[C@@H](CC(=O)NCC[NH+]3CCOCC3)c3ccccc3)n[nH]2)cc1. The van der Waals surface area contributed by atoms with Crippen LogP contribution in [0.3, 0.4) is 0 Å². The number of H-pyrrole nitrogens is 1. The van der Waals surface area contributed by atoms with Gasteiger partial charge in [-0.2, -0.15) is 0 Å². The van der Waals surface area contributed by atoms with Gasteiger partial charge < -0.3 is 15.0 Å². The number of rotatable bonds is 9. The fraction of sp³-hybridized carbons (Fsp3) is 0.375. The van der Waals surface area contributed by atoms with E-state index in [1.807, 2.05) is 30.3 Å². The molecule has 8 heteroatoms. The highest BCUT2D eigenvalue weighted by Crippen LogP contribution is 2.36. The van der Waals surface area contributed by atoms with E-state index in [4.69, 9.17) is 4.74 Å². The molecule has 1 saturated heterocycles. The van der Waals surface area contributed by atoms with Crippen molar-refractivity contribution in [2.75, 3.05) is 39.4 Å². The summed E-state index contributed by atoms with van der Waals surface area (Å²) in [6.45, 7) is 7.29. The Labute approximate surface area is 193 Å². The molecular formula is C24H30N5O2S+. The Balaban J connectivity index is 1.38. The predicted molar refractivity (Wildman–Crippen MR) is 126 cm³/mol. The normalized spacial score (nSPS) is 15.4. The molecule has 3 N–H and O–H groups in total. The summed E-state index contributed by atoms with van der Waals surface area (Å²) in [7, 11) is 0. The van der Waals surface area contributed by atoms with Crippen LogP contribution < -0.4 is 10.2 Å². The fourth-order valence-corrected chi connectivity index (χ4v) is 4.72. The number of aryl methyl sites for hydroxylation is 1. The molecule has 1 atom stereocenters. The molecule has 1 fully saturated rings. The zero-order valence-corrected chi connectivity index (χ0v) is 19.2. The average Bonchev–Trinajstić information content (AvgIpc) is 3.29. The number of hydrogen-bond donors (Lipinski definition) is 3. The lowest BCUT2D eigenvalue weighted by Crippen LogP contribution is -3.14. The van der Waals surface area contributed by atoms with Gasteiger partial charge in [0, 0.05) is 17.2 Å². The highest BCUT2D eigenvalue weighted by molar-refractivity contribution is 7.99. The van der Waals surface area contributed by atoms with Gasteiger partial charge in [-0.1, -0.05) is 71.9 Å². The van der Waals surface area contributed by atoms with Crippen LogP contribution in [0.2, 0.25) is 0 Å². The molecule has 32 heavy (non-hydrogen) atoms. The number of quaternary nitrogens is 1. The Morgan fingerprint density at radius 1 is 1.16 bits per heavy atom. The van der Waals surface area contributed by atoms with Gasteiger partial charge in [-0.3, -0.25) is 9.89 Å². The highest BCUT2D eigenvalue weighted by Gasteiger charge is 2.21. The number of morpholine rings is 1. The zero-order valence-electron chi connectivity index (χ0n) is 18.3. The molecule has 1 aliphatic rings. The van der Waals surface area contributed by atoms with E-state index in [1.165, 1.54) is 22.2 Å². The highest BCUT2D eigenvalue weighted by atomic mass is 32.2. The van der Waals surface area contributed by atoms with Crippen LogP contribution in [-0.2, 0) is 9.53 Å². The van der Waals surface area contributed by atoms with E-state index in [2.05, 4.69) is 51.7 Å². The number of amides is 1. The summed E-state index contributed by atoms with van der Waals surface area (Å²) < 4.78 is 5.40. The number of carbonyl (C=O) groups excluding carboxylic acids is 1. The van der Waals surface area contributed by atoms with Gasteiger partial charge in [0.2, 0.25) is 11.1 Å². The molecule has 168 valence electrons. The summed E-state index contributed by atoms with van der Waals surface area (Å²) >= 11 is 1.51. The van der Waals surface area contributed by atoms with E-state index >= 15 is 0 Å². The molecule has 3 aromatic rings. The Hall–Kier alpha value is -2.68. The summed E-state index contributed by atoms with van der Waals surface area (Å²) in [6, 6.07) is 18.3. The molecule has 1 aliphatic heterocycles.